The van der Waals surface area contributed by atoms with Gasteiger partial charge in [0.1, 0.15) is 5.82 Å². The molecule has 3 aromatic rings. The Balaban J connectivity index is 1.68. The summed E-state index contributed by atoms with van der Waals surface area (Å²) in [6, 6.07) is 12.0. The predicted octanol–water partition coefficient (Wildman–Crippen LogP) is 2.88. The Morgan fingerprint density at radius 2 is 2.04 bits per heavy atom. The Morgan fingerprint density at radius 3 is 2.80 bits per heavy atom. The standard InChI is InChI=1S/C20H21FN2O2/c1-13-4-2-3-5-14(13)8-17(12-24)23-20(25)9-15-11-22-19-7-6-16(21)10-18(15)19/h2-7,10-11,17,22,24H,8-9,12H2,1H3,(H,23,25). The van der Waals surface area contributed by atoms with Crippen LogP contribution in [0.2, 0.25) is 0 Å². The molecule has 0 aliphatic carbocycles. The van der Waals surface area contributed by atoms with E-state index >= 15 is 0 Å². The van der Waals surface area contributed by atoms with Crippen LogP contribution in [0.5, 0.6) is 0 Å². The molecule has 5 heteroatoms. The van der Waals surface area contributed by atoms with E-state index in [2.05, 4.69) is 10.3 Å². The number of aliphatic hydroxyl groups is 1. The van der Waals surface area contributed by atoms with Gasteiger partial charge in [0.15, 0.2) is 0 Å². The molecule has 0 aliphatic rings. The number of aromatic nitrogens is 1. The molecule has 1 unspecified atom stereocenters. The maximum Gasteiger partial charge on any atom is 0.224 e. The summed E-state index contributed by atoms with van der Waals surface area (Å²) in [5, 5.41) is 13.2. The lowest BCUT2D eigenvalue weighted by Crippen LogP contribution is -2.40. The molecule has 4 nitrogen and oxygen atoms in total. The van der Waals surface area contributed by atoms with Crippen LogP contribution in [0, 0.1) is 12.7 Å². The molecule has 3 N–H and O–H groups in total. The molecule has 3 rings (SSSR count). The number of rotatable bonds is 6. The summed E-state index contributed by atoms with van der Waals surface area (Å²) >= 11 is 0. The molecule has 130 valence electrons. The van der Waals surface area contributed by atoms with E-state index in [1.165, 1.54) is 12.1 Å². The molecule has 0 radical (unpaired) electrons. The van der Waals surface area contributed by atoms with Gasteiger partial charge in [0.25, 0.3) is 0 Å². The Hall–Kier alpha value is -2.66. The van der Waals surface area contributed by atoms with Gasteiger partial charge in [-0.2, -0.15) is 0 Å². The van der Waals surface area contributed by atoms with Gasteiger partial charge in [0, 0.05) is 17.1 Å². The van der Waals surface area contributed by atoms with Gasteiger partial charge in [-0.15, -0.1) is 0 Å². The fourth-order valence-electron chi connectivity index (χ4n) is 3.01. The molecule has 0 aliphatic heterocycles. The largest absolute Gasteiger partial charge is 0.394 e. The number of aromatic amines is 1. The molecule has 0 spiro atoms. The second kappa shape index (κ2) is 7.49. The van der Waals surface area contributed by atoms with Crippen LogP contribution in [0.25, 0.3) is 10.9 Å². The molecule has 0 saturated heterocycles. The van der Waals surface area contributed by atoms with Crippen molar-refractivity contribution in [2.75, 3.05) is 6.61 Å². The van der Waals surface area contributed by atoms with Crippen LogP contribution in [0.3, 0.4) is 0 Å². The van der Waals surface area contributed by atoms with E-state index < -0.39 is 0 Å². The number of hydrogen-bond donors (Lipinski definition) is 3. The number of carbonyl (C=O) groups is 1. The minimum absolute atomic E-state index is 0.133. The van der Waals surface area contributed by atoms with E-state index in [-0.39, 0.29) is 30.8 Å². The van der Waals surface area contributed by atoms with Crippen molar-refractivity contribution in [2.24, 2.45) is 0 Å². The first kappa shape index (κ1) is 17.2. The molecular formula is C20H21FN2O2. The minimum Gasteiger partial charge on any atom is -0.394 e. The van der Waals surface area contributed by atoms with Gasteiger partial charge in [0.2, 0.25) is 5.91 Å². The monoisotopic (exact) mass is 340 g/mol. The summed E-state index contributed by atoms with van der Waals surface area (Å²) in [5.74, 6) is -0.528. The molecule has 1 amide bonds. The molecule has 0 fully saturated rings. The SMILES string of the molecule is Cc1ccccc1CC(CO)NC(=O)Cc1c[nH]c2ccc(F)cc12. The molecule has 1 heterocycles. The first-order valence-corrected chi connectivity index (χ1v) is 8.27. The lowest BCUT2D eigenvalue weighted by molar-refractivity contribution is -0.121. The Bertz CT molecular complexity index is 888. The van der Waals surface area contributed by atoms with Crippen LogP contribution in [0.1, 0.15) is 16.7 Å². The van der Waals surface area contributed by atoms with Crippen LogP contribution in [-0.2, 0) is 17.6 Å². The summed E-state index contributed by atoms with van der Waals surface area (Å²) < 4.78 is 13.4. The van der Waals surface area contributed by atoms with Crippen LogP contribution >= 0.6 is 0 Å². The molecule has 25 heavy (non-hydrogen) atoms. The summed E-state index contributed by atoms with van der Waals surface area (Å²) in [4.78, 5) is 15.4. The predicted molar refractivity (Wildman–Crippen MR) is 95.9 cm³/mol. The fraction of sp³-hybridized carbons (Fsp3) is 0.250. The van der Waals surface area contributed by atoms with Gasteiger partial charge >= 0.3 is 0 Å². The topological polar surface area (TPSA) is 65.1 Å². The summed E-state index contributed by atoms with van der Waals surface area (Å²) in [5.41, 5.74) is 3.75. The second-order valence-electron chi connectivity index (χ2n) is 6.26. The number of amides is 1. The fourth-order valence-corrected chi connectivity index (χ4v) is 3.01. The van der Waals surface area contributed by atoms with Gasteiger partial charge < -0.3 is 15.4 Å². The van der Waals surface area contributed by atoms with Crippen LogP contribution in [-0.4, -0.2) is 28.6 Å². The highest BCUT2D eigenvalue weighted by molar-refractivity contribution is 5.89. The highest BCUT2D eigenvalue weighted by Gasteiger charge is 2.15. The second-order valence-corrected chi connectivity index (χ2v) is 6.26. The number of halogens is 1. The van der Waals surface area contributed by atoms with Crippen LogP contribution < -0.4 is 5.32 Å². The summed E-state index contributed by atoms with van der Waals surface area (Å²) in [6.07, 6.45) is 2.42. The van der Waals surface area contributed by atoms with Crippen molar-refractivity contribution in [1.82, 2.24) is 10.3 Å². The zero-order valence-electron chi connectivity index (χ0n) is 14.1. The van der Waals surface area contributed by atoms with Crippen molar-refractivity contribution in [1.29, 1.82) is 0 Å². The minimum atomic E-state index is -0.351. The third-order valence-corrected chi connectivity index (χ3v) is 4.39. The normalized spacial score (nSPS) is 12.3. The van der Waals surface area contributed by atoms with E-state index in [0.717, 1.165) is 22.2 Å². The number of benzene rings is 2. The average molecular weight is 340 g/mol. The van der Waals surface area contributed by atoms with Gasteiger partial charge in [-0.25, -0.2) is 4.39 Å². The zero-order valence-corrected chi connectivity index (χ0v) is 14.1. The number of nitrogens with one attached hydrogen (secondary N) is 2. The maximum absolute atomic E-state index is 13.4. The van der Waals surface area contributed by atoms with Crippen LogP contribution in [0.4, 0.5) is 4.39 Å². The maximum atomic E-state index is 13.4. The van der Waals surface area contributed by atoms with E-state index in [1.54, 1.807) is 12.3 Å². The average Bonchev–Trinajstić information content (AvgIpc) is 2.98. The van der Waals surface area contributed by atoms with Gasteiger partial charge in [-0.05, 0) is 48.2 Å². The molecule has 2 aromatic carbocycles. The summed E-state index contributed by atoms with van der Waals surface area (Å²) in [6.45, 7) is 1.87. The number of aryl methyl sites for hydroxylation is 1. The highest BCUT2D eigenvalue weighted by Crippen LogP contribution is 2.20. The quantitative estimate of drug-likeness (QED) is 0.646. The smallest absolute Gasteiger partial charge is 0.224 e. The van der Waals surface area contributed by atoms with Crippen molar-refractivity contribution in [3.8, 4) is 0 Å². The van der Waals surface area contributed by atoms with Crippen molar-refractivity contribution in [3.05, 3.63) is 71.2 Å². The van der Waals surface area contributed by atoms with E-state index in [1.807, 2.05) is 31.2 Å². The number of fused-ring (bicyclic) bond motifs is 1. The third-order valence-electron chi connectivity index (χ3n) is 4.39. The van der Waals surface area contributed by atoms with E-state index in [9.17, 15) is 14.3 Å². The number of hydrogen-bond acceptors (Lipinski definition) is 2. The Morgan fingerprint density at radius 1 is 1.24 bits per heavy atom. The van der Waals surface area contributed by atoms with E-state index in [4.69, 9.17) is 0 Å². The van der Waals surface area contributed by atoms with Gasteiger partial charge in [-0.3, -0.25) is 4.79 Å². The molecule has 1 atom stereocenters. The molecule has 0 saturated carbocycles. The Kier molecular flexibility index (Phi) is 5.14. The molecular weight excluding hydrogens is 319 g/mol. The lowest BCUT2D eigenvalue weighted by atomic mass is 10.0. The van der Waals surface area contributed by atoms with Gasteiger partial charge in [0.05, 0.1) is 19.1 Å². The van der Waals surface area contributed by atoms with Gasteiger partial charge in [-0.1, -0.05) is 24.3 Å². The van der Waals surface area contributed by atoms with Crippen LogP contribution in [0.15, 0.2) is 48.7 Å². The number of aliphatic hydroxyl groups excluding tert-OH is 1. The van der Waals surface area contributed by atoms with E-state index in [0.29, 0.717) is 11.8 Å². The molecule has 1 aromatic heterocycles. The number of carbonyl (C=O) groups excluding carboxylic acids is 1. The first-order valence-electron chi connectivity index (χ1n) is 8.27. The Labute approximate surface area is 145 Å². The zero-order chi connectivity index (χ0) is 17.8. The van der Waals surface area contributed by atoms with Crippen molar-refractivity contribution >= 4 is 16.8 Å². The summed E-state index contributed by atoms with van der Waals surface area (Å²) in [7, 11) is 0. The van der Waals surface area contributed by atoms with Crippen molar-refractivity contribution < 1.29 is 14.3 Å². The van der Waals surface area contributed by atoms with Crippen molar-refractivity contribution in [2.45, 2.75) is 25.8 Å². The highest BCUT2D eigenvalue weighted by atomic mass is 19.1. The third kappa shape index (κ3) is 4.06. The molecule has 0 bridgehead atoms. The lowest BCUT2D eigenvalue weighted by Gasteiger charge is -2.17. The van der Waals surface area contributed by atoms with Crippen molar-refractivity contribution in [3.63, 3.8) is 0 Å². The first-order chi connectivity index (χ1) is 12.1. The number of H-pyrrole nitrogens is 1.